The lowest BCUT2D eigenvalue weighted by Crippen LogP contribution is -2.30. The predicted molar refractivity (Wildman–Crippen MR) is 112 cm³/mol. The normalized spacial score (nSPS) is 27.8. The van der Waals surface area contributed by atoms with Gasteiger partial charge in [0.25, 0.3) is 0 Å². The molecule has 2 heteroatoms. The van der Waals surface area contributed by atoms with Gasteiger partial charge in [0.05, 0.1) is 16.1 Å². The molecule has 0 unspecified atom stereocenters. The highest BCUT2D eigenvalue weighted by Crippen LogP contribution is 2.45. The van der Waals surface area contributed by atoms with E-state index in [0.29, 0.717) is 0 Å². The fourth-order valence-electron chi connectivity index (χ4n) is 5.65. The van der Waals surface area contributed by atoms with Crippen LogP contribution in [-0.4, -0.2) is 16.1 Å². The van der Waals surface area contributed by atoms with Gasteiger partial charge in [0, 0.05) is 0 Å². The Morgan fingerprint density at radius 3 is 1.50 bits per heavy atom. The van der Waals surface area contributed by atoms with E-state index in [9.17, 15) is 0 Å². The lowest BCUT2D eigenvalue weighted by atomic mass is 9.98. The van der Waals surface area contributed by atoms with E-state index < -0.39 is 16.1 Å². The molecule has 24 heavy (non-hydrogen) atoms. The second-order valence-corrected chi connectivity index (χ2v) is 19.6. The topological polar surface area (TPSA) is 0 Å². The molecule has 0 fully saturated rings. The van der Waals surface area contributed by atoms with E-state index in [2.05, 4.69) is 38.3 Å². The van der Waals surface area contributed by atoms with Gasteiger partial charge in [-0.05, 0) is 38.5 Å². The molecule has 0 aromatic heterocycles. The first kappa shape index (κ1) is 16.8. The smallest absolute Gasteiger partial charge is 0.0669 e. The first-order valence-corrected chi connectivity index (χ1v) is 16.6. The van der Waals surface area contributed by atoms with E-state index in [-0.39, 0.29) is 0 Å². The van der Waals surface area contributed by atoms with E-state index >= 15 is 0 Å². The zero-order chi connectivity index (χ0) is 16.9. The predicted octanol–water partition coefficient (Wildman–Crippen LogP) is 7.10. The van der Waals surface area contributed by atoms with Crippen molar-refractivity contribution in [3.05, 3.63) is 44.8 Å². The van der Waals surface area contributed by atoms with Crippen molar-refractivity contribution in [2.45, 2.75) is 89.6 Å². The van der Waals surface area contributed by atoms with E-state index in [4.69, 9.17) is 0 Å². The van der Waals surface area contributed by atoms with Crippen molar-refractivity contribution in [1.29, 1.82) is 0 Å². The van der Waals surface area contributed by atoms with Crippen LogP contribution in [0.25, 0.3) is 0 Å². The largest absolute Gasteiger partial charge is 0.0806 e. The number of rotatable bonds is 3. The molecule has 0 saturated carbocycles. The molecule has 0 bridgehead atoms. The number of hydrogen-bond donors (Lipinski definition) is 0. The van der Waals surface area contributed by atoms with Crippen molar-refractivity contribution >= 4 is 16.1 Å². The second-order valence-electron chi connectivity index (χ2n) is 9.97. The summed E-state index contributed by atoms with van der Waals surface area (Å²) in [6, 6.07) is 3.02. The monoisotopic (exact) mass is 354 g/mol. The fraction of sp³-hybridized carbons (Fsp3) is 0.636. The van der Waals surface area contributed by atoms with Crippen LogP contribution in [0.4, 0.5) is 0 Å². The third-order valence-corrected chi connectivity index (χ3v) is 14.2. The van der Waals surface area contributed by atoms with Gasteiger partial charge in [0.2, 0.25) is 0 Å². The van der Waals surface area contributed by atoms with Gasteiger partial charge in [-0.3, -0.25) is 0 Å². The van der Waals surface area contributed by atoms with Crippen LogP contribution >= 0.6 is 0 Å². The molecule has 0 amide bonds. The summed E-state index contributed by atoms with van der Waals surface area (Å²) in [5.41, 5.74) is 7.17. The van der Waals surface area contributed by atoms with Crippen LogP contribution < -0.4 is 0 Å². The van der Waals surface area contributed by atoms with Crippen LogP contribution in [-0.2, 0) is 0 Å². The van der Waals surface area contributed by atoms with Crippen LogP contribution in [0, 0.1) is 0 Å². The Morgan fingerprint density at radius 1 is 0.708 bits per heavy atom. The van der Waals surface area contributed by atoms with Crippen molar-refractivity contribution in [1.82, 2.24) is 0 Å². The molecular weight excluding hydrogens is 320 g/mol. The first-order valence-electron chi connectivity index (χ1n) is 10.2. The Kier molecular flexibility index (Phi) is 4.20. The minimum atomic E-state index is -1.08. The maximum atomic E-state index is 2.66. The molecular formula is C22H34Si2. The standard InChI is InChI=1S/C22H34Si2/c1-23(2)11-5-7-19-13-17(15-21(19)23)9-10-18-14-20-8-6-12-24(3,4)22(20)16-18/h15-16H,5-14H2,1-4H3. The number of hydrogen-bond acceptors (Lipinski definition) is 0. The van der Waals surface area contributed by atoms with Gasteiger partial charge in [0.1, 0.15) is 0 Å². The minimum absolute atomic E-state index is 1.08. The van der Waals surface area contributed by atoms with Gasteiger partial charge in [-0.25, -0.2) is 0 Å². The summed E-state index contributed by atoms with van der Waals surface area (Å²) in [6.07, 6.45) is 16.3. The summed E-state index contributed by atoms with van der Waals surface area (Å²) in [5.74, 6) is 0. The van der Waals surface area contributed by atoms with Crippen molar-refractivity contribution in [2.75, 3.05) is 0 Å². The minimum Gasteiger partial charge on any atom is -0.0669 e. The summed E-state index contributed by atoms with van der Waals surface area (Å²) in [4.78, 5) is 0. The van der Waals surface area contributed by atoms with Gasteiger partial charge in [-0.2, -0.15) is 0 Å². The summed E-state index contributed by atoms with van der Waals surface area (Å²) >= 11 is 0. The average molecular weight is 355 g/mol. The highest BCUT2D eigenvalue weighted by molar-refractivity contribution is 6.85. The summed E-state index contributed by atoms with van der Waals surface area (Å²) < 4.78 is 0. The summed E-state index contributed by atoms with van der Waals surface area (Å²) in [6.45, 7) is 10.4. The molecule has 0 saturated heterocycles. The summed E-state index contributed by atoms with van der Waals surface area (Å²) in [7, 11) is -2.16. The Hall–Kier alpha value is -0.606. The van der Waals surface area contributed by atoms with Crippen molar-refractivity contribution in [3.63, 3.8) is 0 Å². The molecule has 0 nitrogen and oxygen atoms in total. The van der Waals surface area contributed by atoms with Crippen LogP contribution in [0.1, 0.15) is 51.4 Å². The number of allylic oxidation sites excluding steroid dienone is 8. The van der Waals surface area contributed by atoms with E-state index in [1.54, 1.807) is 11.1 Å². The Balaban J connectivity index is 1.40. The van der Waals surface area contributed by atoms with Gasteiger partial charge in [-0.1, -0.05) is 96.0 Å². The van der Waals surface area contributed by atoms with Crippen molar-refractivity contribution < 1.29 is 0 Å². The first-order chi connectivity index (χ1) is 11.4. The highest BCUT2D eigenvalue weighted by Gasteiger charge is 2.35. The Labute approximate surface area is 150 Å². The molecule has 0 aromatic carbocycles. The van der Waals surface area contributed by atoms with E-state index in [0.717, 1.165) is 0 Å². The Morgan fingerprint density at radius 2 is 1.12 bits per heavy atom. The molecule has 0 spiro atoms. The van der Waals surface area contributed by atoms with E-state index in [1.165, 1.54) is 63.5 Å². The Bertz CT molecular complexity index is 623. The van der Waals surface area contributed by atoms with Gasteiger partial charge >= 0.3 is 0 Å². The fourth-order valence-corrected chi connectivity index (χ4v) is 11.8. The molecule has 2 heterocycles. The molecule has 4 aliphatic rings. The lowest BCUT2D eigenvalue weighted by Gasteiger charge is -2.29. The third-order valence-electron chi connectivity index (χ3n) is 7.13. The maximum Gasteiger partial charge on any atom is 0.0806 e. The highest BCUT2D eigenvalue weighted by atomic mass is 28.3. The SMILES string of the molecule is C[Si]1(C)CCCC2=C1C=C(CCC1=CC3=C(CCC[Si]3(C)C)C1)C2. The van der Waals surface area contributed by atoms with Crippen molar-refractivity contribution in [3.8, 4) is 0 Å². The summed E-state index contributed by atoms with van der Waals surface area (Å²) in [5, 5.41) is 3.69. The van der Waals surface area contributed by atoms with Gasteiger partial charge < -0.3 is 0 Å². The molecule has 0 atom stereocenters. The van der Waals surface area contributed by atoms with Crippen LogP contribution in [0.5, 0.6) is 0 Å². The zero-order valence-electron chi connectivity index (χ0n) is 16.2. The molecule has 0 aromatic rings. The second kappa shape index (κ2) is 5.98. The van der Waals surface area contributed by atoms with Crippen LogP contribution in [0.2, 0.25) is 38.3 Å². The molecule has 0 N–H and O–H groups in total. The average Bonchev–Trinajstić information content (AvgIpc) is 3.09. The molecule has 130 valence electrons. The quantitative estimate of drug-likeness (QED) is 0.474. The molecule has 4 rings (SSSR count). The third kappa shape index (κ3) is 3.01. The van der Waals surface area contributed by atoms with Gasteiger partial charge in [-0.15, -0.1) is 0 Å². The van der Waals surface area contributed by atoms with Crippen LogP contribution in [0.15, 0.2) is 44.8 Å². The van der Waals surface area contributed by atoms with E-state index in [1.807, 2.05) is 21.5 Å². The van der Waals surface area contributed by atoms with Crippen LogP contribution in [0.3, 0.4) is 0 Å². The lowest BCUT2D eigenvalue weighted by molar-refractivity contribution is 0.801. The maximum absolute atomic E-state index is 2.66. The molecule has 2 aliphatic carbocycles. The zero-order valence-corrected chi connectivity index (χ0v) is 18.2. The molecule has 0 radical (unpaired) electrons. The molecule has 2 aliphatic heterocycles. The van der Waals surface area contributed by atoms with Gasteiger partial charge in [0.15, 0.2) is 0 Å². The van der Waals surface area contributed by atoms with Crippen molar-refractivity contribution in [2.24, 2.45) is 0 Å².